The zero-order valence-corrected chi connectivity index (χ0v) is 11.9. The van der Waals surface area contributed by atoms with Crippen molar-refractivity contribution in [1.29, 1.82) is 0 Å². The van der Waals surface area contributed by atoms with E-state index in [2.05, 4.69) is 20.8 Å². The van der Waals surface area contributed by atoms with Gasteiger partial charge < -0.3 is 15.2 Å². The second-order valence-corrected chi connectivity index (χ2v) is 5.11. The summed E-state index contributed by atoms with van der Waals surface area (Å²) >= 11 is 0. The summed E-state index contributed by atoms with van der Waals surface area (Å²) in [6.45, 7) is 6.82. The van der Waals surface area contributed by atoms with E-state index in [1.165, 1.54) is 0 Å². The maximum atomic E-state index is 6.07. The molecule has 0 spiro atoms. The molecule has 102 valence electrons. The van der Waals surface area contributed by atoms with E-state index in [1.807, 2.05) is 24.3 Å². The summed E-state index contributed by atoms with van der Waals surface area (Å²) in [4.78, 5) is 0. The van der Waals surface area contributed by atoms with E-state index in [0.29, 0.717) is 6.61 Å². The van der Waals surface area contributed by atoms with Crippen molar-refractivity contribution in [2.45, 2.75) is 45.3 Å². The Morgan fingerprint density at radius 2 is 1.94 bits per heavy atom. The number of hydrogen-bond donors (Lipinski definition) is 1. The molecule has 3 heteroatoms. The molecule has 0 aliphatic rings. The highest BCUT2D eigenvalue weighted by Gasteiger charge is 2.17. The number of rotatable bonds is 7. The lowest BCUT2D eigenvalue weighted by molar-refractivity contribution is 0.00535. The number of methoxy groups -OCH3 is 1. The normalized spacial score (nSPS) is 13.4. The molecule has 18 heavy (non-hydrogen) atoms. The van der Waals surface area contributed by atoms with Crippen molar-refractivity contribution in [2.75, 3.05) is 13.7 Å². The molecule has 0 unspecified atom stereocenters. The SMILES string of the molecule is CC[C@H](N)c1ccccc1OCCC(C)(C)OC. The van der Waals surface area contributed by atoms with E-state index < -0.39 is 0 Å². The number of hydrogen-bond acceptors (Lipinski definition) is 3. The molecule has 0 radical (unpaired) electrons. The van der Waals surface area contributed by atoms with Crippen LogP contribution in [0.25, 0.3) is 0 Å². The van der Waals surface area contributed by atoms with Gasteiger partial charge in [0, 0.05) is 25.1 Å². The Labute approximate surface area is 110 Å². The largest absolute Gasteiger partial charge is 0.493 e. The fourth-order valence-electron chi connectivity index (χ4n) is 1.65. The van der Waals surface area contributed by atoms with Gasteiger partial charge in [0.05, 0.1) is 12.2 Å². The molecule has 0 aliphatic carbocycles. The van der Waals surface area contributed by atoms with Crippen LogP contribution in [0.2, 0.25) is 0 Å². The summed E-state index contributed by atoms with van der Waals surface area (Å²) < 4.78 is 11.2. The first-order chi connectivity index (χ1) is 8.50. The highest BCUT2D eigenvalue weighted by molar-refractivity contribution is 5.35. The first-order valence-electron chi connectivity index (χ1n) is 6.52. The zero-order chi connectivity index (χ0) is 13.6. The minimum Gasteiger partial charge on any atom is -0.493 e. The number of para-hydroxylation sites is 1. The van der Waals surface area contributed by atoms with Crippen molar-refractivity contribution < 1.29 is 9.47 Å². The van der Waals surface area contributed by atoms with Crippen LogP contribution in [0.1, 0.15) is 45.2 Å². The van der Waals surface area contributed by atoms with E-state index in [4.69, 9.17) is 15.2 Å². The second kappa shape index (κ2) is 6.76. The lowest BCUT2D eigenvalue weighted by atomic mass is 10.0. The van der Waals surface area contributed by atoms with Gasteiger partial charge in [-0.15, -0.1) is 0 Å². The third-order valence-electron chi connectivity index (χ3n) is 3.27. The average molecular weight is 251 g/mol. The molecule has 1 aromatic rings. The first kappa shape index (κ1) is 15.0. The van der Waals surface area contributed by atoms with Gasteiger partial charge in [0.25, 0.3) is 0 Å². The average Bonchev–Trinajstić information content (AvgIpc) is 2.38. The van der Waals surface area contributed by atoms with Gasteiger partial charge in [-0.3, -0.25) is 0 Å². The standard InChI is InChI=1S/C15H25NO2/c1-5-13(16)12-8-6-7-9-14(12)18-11-10-15(2,3)17-4/h6-9,13H,5,10-11,16H2,1-4H3/t13-/m0/s1. The third-order valence-corrected chi connectivity index (χ3v) is 3.27. The van der Waals surface area contributed by atoms with Crippen LogP contribution in [0, 0.1) is 0 Å². The third kappa shape index (κ3) is 4.31. The Morgan fingerprint density at radius 3 is 2.56 bits per heavy atom. The van der Waals surface area contributed by atoms with Crippen LogP contribution in [-0.4, -0.2) is 19.3 Å². The summed E-state index contributed by atoms with van der Waals surface area (Å²) in [5, 5.41) is 0. The van der Waals surface area contributed by atoms with Crippen LogP contribution >= 0.6 is 0 Å². The number of ether oxygens (including phenoxy) is 2. The van der Waals surface area contributed by atoms with Crippen LogP contribution in [0.5, 0.6) is 5.75 Å². The fourth-order valence-corrected chi connectivity index (χ4v) is 1.65. The summed E-state index contributed by atoms with van der Waals surface area (Å²) in [6.07, 6.45) is 1.75. The van der Waals surface area contributed by atoms with Crippen molar-refractivity contribution in [3.63, 3.8) is 0 Å². The molecule has 0 bridgehead atoms. The van der Waals surface area contributed by atoms with Gasteiger partial charge in [0.15, 0.2) is 0 Å². The molecule has 3 nitrogen and oxygen atoms in total. The Balaban J connectivity index is 2.62. The summed E-state index contributed by atoms with van der Waals surface area (Å²) in [5.74, 6) is 0.888. The van der Waals surface area contributed by atoms with E-state index in [0.717, 1.165) is 24.2 Å². The van der Waals surface area contributed by atoms with Gasteiger partial charge in [-0.1, -0.05) is 25.1 Å². The predicted molar refractivity (Wildman–Crippen MR) is 74.9 cm³/mol. The number of nitrogens with two attached hydrogens (primary N) is 1. The van der Waals surface area contributed by atoms with Gasteiger partial charge in [0.2, 0.25) is 0 Å². The fraction of sp³-hybridized carbons (Fsp3) is 0.600. The predicted octanol–water partition coefficient (Wildman–Crippen LogP) is 3.29. The van der Waals surface area contributed by atoms with Gasteiger partial charge in [0.1, 0.15) is 5.75 Å². The van der Waals surface area contributed by atoms with Crippen molar-refractivity contribution in [2.24, 2.45) is 5.73 Å². The van der Waals surface area contributed by atoms with Crippen LogP contribution in [0.4, 0.5) is 0 Å². The van der Waals surface area contributed by atoms with Crippen molar-refractivity contribution in [1.82, 2.24) is 0 Å². The second-order valence-electron chi connectivity index (χ2n) is 5.11. The molecule has 1 rings (SSSR count). The molecular formula is C15H25NO2. The molecule has 0 aromatic heterocycles. The smallest absolute Gasteiger partial charge is 0.124 e. The maximum absolute atomic E-state index is 6.07. The Bertz CT molecular complexity index is 363. The highest BCUT2D eigenvalue weighted by Crippen LogP contribution is 2.26. The topological polar surface area (TPSA) is 44.5 Å². The van der Waals surface area contributed by atoms with Gasteiger partial charge in [-0.05, 0) is 26.3 Å². The van der Waals surface area contributed by atoms with Crippen molar-refractivity contribution >= 4 is 0 Å². The molecule has 2 N–H and O–H groups in total. The lowest BCUT2D eigenvalue weighted by Gasteiger charge is -2.23. The summed E-state index contributed by atoms with van der Waals surface area (Å²) in [6, 6.07) is 8.02. The molecule has 0 saturated carbocycles. The van der Waals surface area contributed by atoms with Crippen LogP contribution in [0.15, 0.2) is 24.3 Å². The molecule has 0 amide bonds. The van der Waals surface area contributed by atoms with E-state index in [9.17, 15) is 0 Å². The summed E-state index contributed by atoms with van der Waals surface area (Å²) in [5.41, 5.74) is 7.00. The monoisotopic (exact) mass is 251 g/mol. The van der Waals surface area contributed by atoms with Gasteiger partial charge in [-0.2, -0.15) is 0 Å². The molecule has 1 atom stereocenters. The summed E-state index contributed by atoms with van der Waals surface area (Å²) in [7, 11) is 1.72. The first-order valence-corrected chi connectivity index (χ1v) is 6.52. The van der Waals surface area contributed by atoms with Crippen molar-refractivity contribution in [3.8, 4) is 5.75 Å². The minimum absolute atomic E-state index is 0.0386. The molecule has 1 aromatic carbocycles. The van der Waals surface area contributed by atoms with E-state index >= 15 is 0 Å². The van der Waals surface area contributed by atoms with Gasteiger partial charge >= 0.3 is 0 Å². The quantitative estimate of drug-likeness (QED) is 0.808. The molecule has 0 fully saturated rings. The number of benzene rings is 1. The maximum Gasteiger partial charge on any atom is 0.124 e. The van der Waals surface area contributed by atoms with Crippen LogP contribution < -0.4 is 10.5 Å². The van der Waals surface area contributed by atoms with Crippen molar-refractivity contribution in [3.05, 3.63) is 29.8 Å². The highest BCUT2D eigenvalue weighted by atomic mass is 16.5. The minimum atomic E-state index is -0.151. The zero-order valence-electron chi connectivity index (χ0n) is 11.9. The van der Waals surface area contributed by atoms with E-state index in [-0.39, 0.29) is 11.6 Å². The van der Waals surface area contributed by atoms with E-state index in [1.54, 1.807) is 7.11 Å². The van der Waals surface area contributed by atoms with Crippen LogP contribution in [-0.2, 0) is 4.74 Å². The molecule has 0 saturated heterocycles. The molecule has 0 heterocycles. The molecule has 0 aliphatic heterocycles. The Kier molecular flexibility index (Phi) is 5.63. The molecular weight excluding hydrogens is 226 g/mol. The van der Waals surface area contributed by atoms with Crippen LogP contribution in [0.3, 0.4) is 0 Å². The van der Waals surface area contributed by atoms with Gasteiger partial charge in [-0.25, -0.2) is 0 Å². The Hall–Kier alpha value is -1.06. The lowest BCUT2D eigenvalue weighted by Crippen LogP contribution is -2.25. The Morgan fingerprint density at radius 1 is 1.28 bits per heavy atom.